The van der Waals surface area contributed by atoms with Gasteiger partial charge in [0.05, 0.1) is 5.69 Å². The number of aryl methyl sites for hydroxylation is 1. The lowest BCUT2D eigenvalue weighted by atomic mass is 10.00. The van der Waals surface area contributed by atoms with Crippen molar-refractivity contribution in [3.05, 3.63) is 53.1 Å². The number of thioether (sulfide) groups is 1. The van der Waals surface area contributed by atoms with Crippen molar-refractivity contribution >= 4 is 35.6 Å². The maximum atomic E-state index is 11.1. The van der Waals surface area contributed by atoms with E-state index in [0.717, 1.165) is 29.5 Å². The lowest BCUT2D eigenvalue weighted by Gasteiger charge is -2.12. The van der Waals surface area contributed by atoms with Crippen LogP contribution in [0.4, 0.5) is 5.69 Å². The quantitative estimate of drug-likeness (QED) is 0.590. The summed E-state index contributed by atoms with van der Waals surface area (Å²) >= 11 is 1.92. The van der Waals surface area contributed by atoms with Crippen LogP contribution in [0.3, 0.4) is 0 Å². The third kappa shape index (κ3) is 6.31. The fourth-order valence-corrected chi connectivity index (χ4v) is 5.00. The fourth-order valence-electron chi connectivity index (χ4n) is 3.89. The van der Waals surface area contributed by atoms with Crippen LogP contribution in [0.5, 0.6) is 0 Å². The van der Waals surface area contributed by atoms with E-state index in [9.17, 15) is 4.79 Å². The Balaban J connectivity index is 0.000000293. The minimum atomic E-state index is 0.406. The SMILES string of the molecule is CCCN(C)CCC.NC1=Nc2cc(-c3ccc4c(c3)SCC4)ccc2C=C(C=O)C1. The number of fused-ring (bicyclic) bond motifs is 2. The molecule has 0 aromatic heterocycles. The van der Waals surface area contributed by atoms with Crippen LogP contribution in [0.1, 0.15) is 44.2 Å². The van der Waals surface area contributed by atoms with Crippen LogP contribution in [0.15, 0.2) is 51.9 Å². The van der Waals surface area contributed by atoms with Crippen LogP contribution in [0.25, 0.3) is 17.2 Å². The van der Waals surface area contributed by atoms with Crippen molar-refractivity contribution in [2.24, 2.45) is 10.7 Å². The van der Waals surface area contributed by atoms with Gasteiger partial charge in [0.15, 0.2) is 0 Å². The van der Waals surface area contributed by atoms with Crippen LogP contribution in [-0.4, -0.2) is 42.9 Å². The normalized spacial score (nSPS) is 14.6. The molecule has 0 radical (unpaired) electrons. The molecule has 2 N–H and O–H groups in total. The van der Waals surface area contributed by atoms with Gasteiger partial charge >= 0.3 is 0 Å². The molecule has 2 aromatic rings. The predicted octanol–water partition coefficient (Wildman–Crippen LogP) is 5.71. The molecular weight excluding hydrogens is 402 g/mol. The monoisotopic (exact) mass is 435 g/mol. The van der Waals surface area contributed by atoms with Crippen molar-refractivity contribution in [1.29, 1.82) is 0 Å². The molecule has 2 aromatic carbocycles. The highest BCUT2D eigenvalue weighted by Gasteiger charge is 2.14. The molecule has 0 fully saturated rings. The van der Waals surface area contributed by atoms with Gasteiger partial charge in [-0.3, -0.25) is 4.79 Å². The highest BCUT2D eigenvalue weighted by Crippen LogP contribution is 2.36. The van der Waals surface area contributed by atoms with Gasteiger partial charge in [-0.25, -0.2) is 4.99 Å². The Morgan fingerprint density at radius 3 is 2.52 bits per heavy atom. The number of hydrogen-bond acceptors (Lipinski definition) is 5. The number of aldehydes is 1. The Bertz CT molecular complexity index is 975. The summed E-state index contributed by atoms with van der Waals surface area (Å²) in [5.41, 5.74) is 12.1. The number of benzene rings is 2. The number of amidine groups is 1. The van der Waals surface area contributed by atoms with Gasteiger partial charge in [-0.1, -0.05) is 38.1 Å². The second kappa shape index (κ2) is 11.3. The molecule has 2 aliphatic heterocycles. The molecule has 5 heteroatoms. The molecule has 4 nitrogen and oxygen atoms in total. The number of carbonyl (C=O) groups is 1. The Morgan fingerprint density at radius 1 is 1.10 bits per heavy atom. The van der Waals surface area contributed by atoms with E-state index in [4.69, 9.17) is 5.73 Å². The number of nitrogens with zero attached hydrogens (tertiary/aromatic N) is 2. The standard InChI is InChI=1S/C19H16N2OS.C7H17N/c20-19-8-12(11-22)7-16-4-3-14(9-17(16)21-19)15-2-1-13-5-6-23-18(13)10-15;1-4-6-8(3)7-5-2/h1-4,7,9-11H,5-6,8H2,(H2,20,21);4-7H2,1-3H3. The summed E-state index contributed by atoms with van der Waals surface area (Å²) in [6, 6.07) is 12.8. The highest BCUT2D eigenvalue weighted by molar-refractivity contribution is 7.99. The molecule has 0 spiro atoms. The van der Waals surface area contributed by atoms with E-state index < -0.39 is 0 Å². The van der Waals surface area contributed by atoms with E-state index in [1.807, 2.05) is 30.0 Å². The summed E-state index contributed by atoms with van der Waals surface area (Å²) in [4.78, 5) is 19.3. The van der Waals surface area contributed by atoms with Crippen LogP contribution < -0.4 is 5.73 Å². The molecule has 0 atom stereocenters. The van der Waals surface area contributed by atoms with Gasteiger partial charge in [0.2, 0.25) is 0 Å². The summed E-state index contributed by atoms with van der Waals surface area (Å²) < 4.78 is 0. The maximum Gasteiger partial charge on any atom is 0.146 e. The average molecular weight is 436 g/mol. The number of hydrogen-bond donors (Lipinski definition) is 1. The summed E-state index contributed by atoms with van der Waals surface area (Å²) in [7, 11) is 2.17. The highest BCUT2D eigenvalue weighted by atomic mass is 32.2. The van der Waals surface area contributed by atoms with Crippen molar-refractivity contribution < 1.29 is 4.79 Å². The number of aliphatic imine (C=N–C) groups is 1. The van der Waals surface area contributed by atoms with Crippen LogP contribution >= 0.6 is 11.8 Å². The lowest BCUT2D eigenvalue weighted by molar-refractivity contribution is -0.104. The van der Waals surface area contributed by atoms with Crippen LogP contribution in [0.2, 0.25) is 0 Å². The first-order valence-electron chi connectivity index (χ1n) is 11.1. The molecule has 0 unspecified atom stereocenters. The van der Waals surface area contributed by atoms with Crippen molar-refractivity contribution in [1.82, 2.24) is 4.90 Å². The first kappa shape index (κ1) is 23.3. The third-order valence-electron chi connectivity index (χ3n) is 5.41. The topological polar surface area (TPSA) is 58.7 Å². The minimum absolute atomic E-state index is 0.406. The molecule has 0 bridgehead atoms. The number of nitrogens with two attached hydrogens (primary N) is 1. The van der Waals surface area contributed by atoms with Gasteiger partial charge in [-0.2, -0.15) is 0 Å². The van der Waals surface area contributed by atoms with Gasteiger partial charge in [0.1, 0.15) is 12.1 Å². The molecule has 0 saturated heterocycles. The Labute approximate surface area is 190 Å². The largest absolute Gasteiger partial charge is 0.387 e. The summed E-state index contributed by atoms with van der Waals surface area (Å²) in [6.45, 7) is 6.92. The molecule has 4 rings (SSSR count). The van der Waals surface area contributed by atoms with E-state index in [1.54, 1.807) is 0 Å². The molecule has 0 aliphatic carbocycles. The maximum absolute atomic E-state index is 11.1. The van der Waals surface area contributed by atoms with E-state index >= 15 is 0 Å². The summed E-state index contributed by atoms with van der Waals surface area (Å²) in [5.74, 6) is 1.65. The smallest absolute Gasteiger partial charge is 0.146 e. The molecular formula is C26H33N3OS. The van der Waals surface area contributed by atoms with E-state index in [2.05, 4.69) is 55.1 Å². The van der Waals surface area contributed by atoms with E-state index in [1.165, 1.54) is 47.7 Å². The van der Waals surface area contributed by atoms with Gasteiger partial charge < -0.3 is 10.6 Å². The second-order valence-electron chi connectivity index (χ2n) is 8.11. The van der Waals surface area contributed by atoms with Crippen molar-refractivity contribution in [3.8, 4) is 11.1 Å². The van der Waals surface area contributed by atoms with Crippen molar-refractivity contribution in [3.63, 3.8) is 0 Å². The van der Waals surface area contributed by atoms with Gasteiger partial charge in [0, 0.05) is 28.2 Å². The number of rotatable bonds is 6. The number of carbonyl (C=O) groups excluding carboxylic acids is 1. The third-order valence-corrected chi connectivity index (χ3v) is 6.51. The first-order valence-corrected chi connectivity index (χ1v) is 12.1. The first-order chi connectivity index (χ1) is 15.0. The van der Waals surface area contributed by atoms with Crippen LogP contribution in [0, 0.1) is 0 Å². The lowest BCUT2D eigenvalue weighted by Crippen LogP contribution is -2.19. The Kier molecular flexibility index (Phi) is 8.50. The zero-order chi connectivity index (χ0) is 22.2. The van der Waals surface area contributed by atoms with Gasteiger partial charge in [0.25, 0.3) is 0 Å². The molecule has 0 saturated carbocycles. The van der Waals surface area contributed by atoms with E-state index in [0.29, 0.717) is 17.8 Å². The van der Waals surface area contributed by atoms with Gasteiger partial charge in [-0.05, 0) is 74.3 Å². The Morgan fingerprint density at radius 2 is 1.81 bits per heavy atom. The molecule has 0 amide bonds. The minimum Gasteiger partial charge on any atom is -0.387 e. The summed E-state index contributed by atoms with van der Waals surface area (Å²) in [6.07, 6.45) is 6.83. The van der Waals surface area contributed by atoms with Crippen molar-refractivity contribution in [2.45, 2.75) is 44.4 Å². The zero-order valence-corrected chi connectivity index (χ0v) is 19.7. The van der Waals surface area contributed by atoms with Crippen LogP contribution in [-0.2, 0) is 11.2 Å². The Hall–Kier alpha value is -2.37. The zero-order valence-electron chi connectivity index (χ0n) is 18.9. The molecule has 2 aliphatic rings. The second-order valence-corrected chi connectivity index (χ2v) is 9.25. The molecule has 164 valence electrons. The molecule has 31 heavy (non-hydrogen) atoms. The van der Waals surface area contributed by atoms with Gasteiger partial charge in [-0.15, -0.1) is 11.8 Å². The summed E-state index contributed by atoms with van der Waals surface area (Å²) in [5, 5.41) is 0. The van der Waals surface area contributed by atoms with E-state index in [-0.39, 0.29) is 0 Å². The predicted molar refractivity (Wildman–Crippen MR) is 134 cm³/mol. The molecule has 2 heterocycles. The fraction of sp³-hybridized carbons (Fsp3) is 0.385. The van der Waals surface area contributed by atoms with Crippen molar-refractivity contribution in [2.75, 3.05) is 25.9 Å². The average Bonchev–Trinajstić information content (AvgIpc) is 3.16.